The van der Waals surface area contributed by atoms with Crippen molar-refractivity contribution in [1.82, 2.24) is 4.90 Å². The molecule has 0 aliphatic carbocycles. The quantitative estimate of drug-likeness (QED) is 0.422. The molecule has 2 nitrogen and oxygen atoms in total. The summed E-state index contributed by atoms with van der Waals surface area (Å²) >= 11 is 0. The van der Waals surface area contributed by atoms with Crippen LogP contribution in [-0.2, 0) is 0 Å². The van der Waals surface area contributed by atoms with Gasteiger partial charge in [0.05, 0.1) is 5.84 Å². The molecular weight excluding hydrogens is 124 g/mol. The van der Waals surface area contributed by atoms with Crippen LogP contribution in [0.5, 0.6) is 0 Å². The first kappa shape index (κ1) is 9.21. The topological polar surface area (TPSA) is 15.6 Å². The van der Waals surface area contributed by atoms with Gasteiger partial charge in [0.2, 0.25) is 0 Å². The normalized spacial score (nSPS) is 11.4. The van der Waals surface area contributed by atoms with E-state index in [4.69, 9.17) is 0 Å². The Bertz CT molecular complexity index is 147. The van der Waals surface area contributed by atoms with Crippen molar-refractivity contribution in [3.05, 3.63) is 12.3 Å². The predicted molar refractivity (Wildman–Crippen MR) is 46.2 cm³/mol. The summed E-state index contributed by atoms with van der Waals surface area (Å²) in [6.45, 7) is 7.95. The number of nitrogens with zero attached hydrogens (tertiary/aromatic N) is 2. The molecular formula is C8H16N2. The molecule has 0 aromatic heterocycles. The van der Waals surface area contributed by atoms with Crippen LogP contribution >= 0.6 is 0 Å². The van der Waals surface area contributed by atoms with Gasteiger partial charge in [0, 0.05) is 19.8 Å². The van der Waals surface area contributed by atoms with E-state index in [1.165, 1.54) is 0 Å². The molecule has 0 heterocycles. The molecule has 2 heteroatoms. The summed E-state index contributed by atoms with van der Waals surface area (Å²) < 4.78 is 0. The van der Waals surface area contributed by atoms with E-state index >= 15 is 0 Å². The van der Waals surface area contributed by atoms with Crippen LogP contribution in [0.1, 0.15) is 20.3 Å². The molecule has 0 bridgehead atoms. The van der Waals surface area contributed by atoms with Crippen LogP contribution in [0.2, 0.25) is 0 Å². The summed E-state index contributed by atoms with van der Waals surface area (Å²) in [7, 11) is 3.77. The van der Waals surface area contributed by atoms with Crippen molar-refractivity contribution in [2.24, 2.45) is 4.99 Å². The molecule has 0 unspecified atom stereocenters. The van der Waals surface area contributed by atoms with Gasteiger partial charge in [0.1, 0.15) is 0 Å². The van der Waals surface area contributed by atoms with Gasteiger partial charge in [0.15, 0.2) is 0 Å². The van der Waals surface area contributed by atoms with Crippen LogP contribution in [0.3, 0.4) is 0 Å². The maximum atomic E-state index is 4.04. The van der Waals surface area contributed by atoms with Gasteiger partial charge in [-0.25, -0.2) is 0 Å². The van der Waals surface area contributed by atoms with Gasteiger partial charge in [-0.2, -0.15) is 0 Å². The van der Waals surface area contributed by atoms with Crippen molar-refractivity contribution < 1.29 is 0 Å². The first-order valence-corrected chi connectivity index (χ1v) is 3.48. The van der Waals surface area contributed by atoms with E-state index in [1.54, 1.807) is 7.05 Å². The predicted octanol–water partition coefficient (Wildman–Crippen LogP) is 1.89. The van der Waals surface area contributed by atoms with Crippen LogP contribution in [0.15, 0.2) is 17.3 Å². The van der Waals surface area contributed by atoms with Gasteiger partial charge in [-0.3, -0.25) is 4.99 Å². The third-order valence-corrected chi connectivity index (χ3v) is 1.69. The van der Waals surface area contributed by atoms with E-state index < -0.39 is 0 Å². The summed E-state index contributed by atoms with van der Waals surface area (Å²) in [6.07, 6.45) is 0.976. The van der Waals surface area contributed by atoms with E-state index in [9.17, 15) is 0 Å². The molecule has 0 amide bonds. The first-order chi connectivity index (χ1) is 4.63. The van der Waals surface area contributed by atoms with Gasteiger partial charge in [0.25, 0.3) is 0 Å². The van der Waals surface area contributed by atoms with Gasteiger partial charge in [-0.05, 0) is 13.3 Å². The Morgan fingerprint density at radius 2 is 2.10 bits per heavy atom. The summed E-state index contributed by atoms with van der Waals surface area (Å²) in [5, 5.41) is 0. The molecule has 0 rings (SSSR count). The Balaban J connectivity index is 4.08. The van der Waals surface area contributed by atoms with E-state index in [-0.39, 0.29) is 0 Å². The van der Waals surface area contributed by atoms with Crippen LogP contribution in [-0.4, -0.2) is 24.8 Å². The minimum Gasteiger partial charge on any atom is -0.338 e. The lowest BCUT2D eigenvalue weighted by atomic mass is 10.3. The molecule has 0 N–H and O–H groups in total. The molecule has 0 spiro atoms. The van der Waals surface area contributed by atoms with Crippen LogP contribution in [0, 0.1) is 0 Å². The molecule has 0 fully saturated rings. The molecule has 0 saturated heterocycles. The third-order valence-electron chi connectivity index (χ3n) is 1.69. The largest absolute Gasteiger partial charge is 0.338 e. The van der Waals surface area contributed by atoms with Crippen LogP contribution < -0.4 is 0 Å². The lowest BCUT2D eigenvalue weighted by Gasteiger charge is -2.19. The lowest BCUT2D eigenvalue weighted by molar-refractivity contribution is 0.597. The van der Waals surface area contributed by atoms with Crippen molar-refractivity contribution >= 4 is 5.84 Å². The Hall–Kier alpha value is -0.790. The standard InChI is InChI=1S/C8H16N2/c1-6-7(2)10(5)8(3)9-4/h2,6H2,1,3-5H3. The van der Waals surface area contributed by atoms with Crippen molar-refractivity contribution in [1.29, 1.82) is 0 Å². The summed E-state index contributed by atoms with van der Waals surface area (Å²) in [5.41, 5.74) is 1.10. The smallest absolute Gasteiger partial charge is 0.0993 e. The molecule has 0 atom stereocenters. The van der Waals surface area contributed by atoms with Crippen molar-refractivity contribution in [2.75, 3.05) is 14.1 Å². The molecule has 0 aromatic rings. The number of rotatable bonds is 2. The van der Waals surface area contributed by atoms with Gasteiger partial charge in [-0.1, -0.05) is 13.5 Å². The highest BCUT2D eigenvalue weighted by Crippen LogP contribution is 2.02. The van der Waals surface area contributed by atoms with Crippen molar-refractivity contribution in [2.45, 2.75) is 20.3 Å². The zero-order valence-electron chi connectivity index (χ0n) is 7.31. The fourth-order valence-electron chi connectivity index (χ4n) is 0.616. The van der Waals surface area contributed by atoms with Gasteiger partial charge in [-0.15, -0.1) is 0 Å². The Labute approximate surface area is 63.3 Å². The highest BCUT2D eigenvalue weighted by Gasteiger charge is 2.00. The van der Waals surface area contributed by atoms with E-state index in [1.807, 2.05) is 18.9 Å². The second kappa shape index (κ2) is 4.09. The highest BCUT2D eigenvalue weighted by molar-refractivity contribution is 5.80. The lowest BCUT2D eigenvalue weighted by Crippen LogP contribution is -2.22. The maximum Gasteiger partial charge on any atom is 0.0993 e. The average Bonchev–Trinajstić information content (AvgIpc) is 2.00. The molecule has 58 valence electrons. The summed E-state index contributed by atoms with van der Waals surface area (Å²) in [5.74, 6) is 1.01. The summed E-state index contributed by atoms with van der Waals surface area (Å²) in [6, 6.07) is 0. The zero-order valence-corrected chi connectivity index (χ0v) is 7.31. The third kappa shape index (κ3) is 2.21. The van der Waals surface area contributed by atoms with E-state index in [0.717, 1.165) is 18.0 Å². The Kier molecular flexibility index (Phi) is 3.77. The number of allylic oxidation sites excluding steroid dienone is 1. The number of hydrogen-bond acceptors (Lipinski definition) is 1. The van der Waals surface area contributed by atoms with Gasteiger partial charge >= 0.3 is 0 Å². The van der Waals surface area contributed by atoms with Crippen molar-refractivity contribution in [3.8, 4) is 0 Å². The minimum atomic E-state index is 0.976. The molecule has 0 aliphatic rings. The second-order valence-corrected chi connectivity index (χ2v) is 2.25. The Morgan fingerprint density at radius 3 is 2.40 bits per heavy atom. The van der Waals surface area contributed by atoms with Gasteiger partial charge < -0.3 is 4.90 Å². The molecule has 0 radical (unpaired) electrons. The molecule has 0 saturated carbocycles. The first-order valence-electron chi connectivity index (χ1n) is 3.48. The van der Waals surface area contributed by atoms with Crippen LogP contribution in [0.25, 0.3) is 0 Å². The van der Waals surface area contributed by atoms with E-state index in [2.05, 4.69) is 18.5 Å². The zero-order chi connectivity index (χ0) is 8.15. The number of aliphatic imine (C=N–C) groups is 1. The fourth-order valence-corrected chi connectivity index (χ4v) is 0.616. The van der Waals surface area contributed by atoms with Crippen LogP contribution in [0.4, 0.5) is 0 Å². The highest BCUT2D eigenvalue weighted by atomic mass is 15.2. The number of amidine groups is 1. The minimum absolute atomic E-state index is 0.976. The second-order valence-electron chi connectivity index (χ2n) is 2.25. The Morgan fingerprint density at radius 1 is 1.60 bits per heavy atom. The van der Waals surface area contributed by atoms with Crippen molar-refractivity contribution in [3.63, 3.8) is 0 Å². The average molecular weight is 140 g/mol. The SMILES string of the molecule is C=C(CC)N(C)C(C)=NC. The number of hydrogen-bond donors (Lipinski definition) is 0. The monoisotopic (exact) mass is 140 g/mol. The molecule has 0 aromatic carbocycles. The fraction of sp³-hybridized carbons (Fsp3) is 0.625. The van der Waals surface area contributed by atoms with E-state index in [0.29, 0.717) is 0 Å². The molecule has 0 aliphatic heterocycles. The maximum absolute atomic E-state index is 4.04. The molecule has 10 heavy (non-hydrogen) atoms. The summed E-state index contributed by atoms with van der Waals surface area (Å²) in [4.78, 5) is 6.04.